The summed E-state index contributed by atoms with van der Waals surface area (Å²) in [5.74, 6) is -1.32. The Morgan fingerprint density at radius 3 is 2.41 bits per heavy atom. The van der Waals surface area contributed by atoms with Crippen LogP contribution < -0.4 is 0 Å². The molecule has 0 radical (unpaired) electrons. The van der Waals surface area contributed by atoms with Crippen LogP contribution in [-0.4, -0.2) is 24.1 Å². The molecule has 2 aromatic carbocycles. The van der Waals surface area contributed by atoms with Gasteiger partial charge in [0.2, 0.25) is 0 Å². The summed E-state index contributed by atoms with van der Waals surface area (Å²) < 4.78 is 6.24. The lowest BCUT2D eigenvalue weighted by molar-refractivity contribution is -0.139. The lowest BCUT2D eigenvalue weighted by atomic mass is 9.75. The van der Waals surface area contributed by atoms with E-state index >= 15 is 0 Å². The molecule has 27 heavy (non-hydrogen) atoms. The molecule has 0 bridgehead atoms. The van der Waals surface area contributed by atoms with E-state index in [0.717, 1.165) is 21.3 Å². The van der Waals surface area contributed by atoms with Crippen molar-refractivity contribution in [3.63, 3.8) is 0 Å². The van der Waals surface area contributed by atoms with Gasteiger partial charge in [-0.3, -0.25) is 9.79 Å². The van der Waals surface area contributed by atoms with Crippen molar-refractivity contribution in [3.8, 4) is 0 Å². The first-order valence-corrected chi connectivity index (χ1v) is 9.67. The molecule has 0 N–H and O–H groups in total. The molecule has 0 aromatic heterocycles. The average molecular weight is 424 g/mol. The number of ketones is 1. The number of hydrogen-bond acceptors (Lipinski definition) is 4. The molecule has 136 valence electrons. The molecule has 2 aliphatic rings. The molecule has 2 aromatic rings. The normalized spacial score (nSPS) is 20.9. The topological polar surface area (TPSA) is 55.7 Å². The van der Waals surface area contributed by atoms with Crippen LogP contribution in [0.25, 0.3) is 0 Å². The van der Waals surface area contributed by atoms with Crippen LogP contribution in [0.5, 0.6) is 0 Å². The third-order valence-corrected chi connectivity index (χ3v) is 5.62. The van der Waals surface area contributed by atoms with E-state index in [1.165, 1.54) is 0 Å². The van der Waals surface area contributed by atoms with Gasteiger partial charge in [-0.25, -0.2) is 4.79 Å². The monoisotopic (exact) mass is 423 g/mol. The van der Waals surface area contributed by atoms with Gasteiger partial charge in [0.05, 0.1) is 23.8 Å². The highest BCUT2D eigenvalue weighted by molar-refractivity contribution is 9.10. The van der Waals surface area contributed by atoms with Crippen LogP contribution in [0.2, 0.25) is 0 Å². The maximum absolute atomic E-state index is 13.2. The summed E-state index contributed by atoms with van der Waals surface area (Å²) in [4.78, 5) is 30.7. The maximum Gasteiger partial charge on any atom is 0.336 e. The van der Waals surface area contributed by atoms with Crippen LogP contribution in [0.3, 0.4) is 0 Å². The largest absolute Gasteiger partial charge is 0.463 e. The van der Waals surface area contributed by atoms with E-state index in [1.807, 2.05) is 55.5 Å². The Bertz CT molecular complexity index is 1000. The molecule has 2 atom stereocenters. The molecule has 4 nitrogen and oxygen atoms in total. The van der Waals surface area contributed by atoms with E-state index < -0.39 is 17.8 Å². The average Bonchev–Trinajstić information content (AvgIpc) is 2.94. The van der Waals surface area contributed by atoms with E-state index in [2.05, 4.69) is 20.9 Å². The minimum Gasteiger partial charge on any atom is -0.463 e. The second kappa shape index (κ2) is 6.89. The fourth-order valence-corrected chi connectivity index (χ4v) is 4.23. The van der Waals surface area contributed by atoms with Crippen LogP contribution in [0.1, 0.15) is 41.3 Å². The van der Waals surface area contributed by atoms with Gasteiger partial charge in [-0.2, -0.15) is 0 Å². The number of allylic oxidation sites excluding steroid dienone is 1. The molecule has 0 spiro atoms. The van der Waals surface area contributed by atoms with E-state index in [4.69, 9.17) is 4.74 Å². The lowest BCUT2D eigenvalue weighted by Gasteiger charge is -2.30. The van der Waals surface area contributed by atoms with Crippen LogP contribution in [0.15, 0.2) is 69.3 Å². The number of nitrogens with zero attached hydrogens (tertiary/aromatic N) is 1. The minimum absolute atomic E-state index is 0.00608. The van der Waals surface area contributed by atoms with Crippen molar-refractivity contribution < 1.29 is 14.3 Å². The summed E-state index contributed by atoms with van der Waals surface area (Å²) in [7, 11) is 0. The first-order valence-electron chi connectivity index (χ1n) is 8.88. The molecular formula is C22H18BrNO3. The van der Waals surface area contributed by atoms with Gasteiger partial charge >= 0.3 is 5.97 Å². The minimum atomic E-state index is -0.508. The first-order chi connectivity index (χ1) is 13.0. The fraction of sp³-hybridized carbons (Fsp3) is 0.227. The number of carbonyl (C=O) groups excluding carboxylic acids is 2. The third kappa shape index (κ3) is 2.86. The number of fused-ring (bicyclic) bond motifs is 3. The molecule has 1 aliphatic heterocycles. The number of aliphatic imine (C=N–C) groups is 1. The molecule has 0 saturated carbocycles. The number of carbonyl (C=O) groups is 2. The van der Waals surface area contributed by atoms with Crippen molar-refractivity contribution in [2.24, 2.45) is 10.9 Å². The third-order valence-electron chi connectivity index (χ3n) is 5.09. The highest BCUT2D eigenvalue weighted by Gasteiger charge is 2.47. The Labute approximate surface area is 166 Å². The zero-order valence-electron chi connectivity index (χ0n) is 15.0. The Kier molecular flexibility index (Phi) is 4.56. The Morgan fingerprint density at radius 2 is 1.74 bits per heavy atom. The standard InChI is InChI=1S/C22H18BrNO3/c1-3-27-22(26)17-12(2)24-20-15-6-4-5-7-16(15)21(25)19(20)18(17)13-8-10-14(23)11-9-13/h4-11,18-19H,3H2,1-2H3/t18-,19-/m0/s1. The van der Waals surface area contributed by atoms with Crippen molar-refractivity contribution in [3.05, 3.63) is 81.0 Å². The van der Waals surface area contributed by atoms with Gasteiger partial charge in [-0.15, -0.1) is 0 Å². The predicted octanol–water partition coefficient (Wildman–Crippen LogP) is 4.69. The number of Topliss-reactive ketones (excluding diaryl/α,β-unsaturated/α-hetero) is 1. The second-order valence-corrected chi connectivity index (χ2v) is 7.55. The summed E-state index contributed by atoms with van der Waals surface area (Å²) >= 11 is 3.45. The van der Waals surface area contributed by atoms with Crippen molar-refractivity contribution in [1.29, 1.82) is 0 Å². The molecule has 5 heteroatoms. The first kappa shape index (κ1) is 17.9. The van der Waals surface area contributed by atoms with Crippen LogP contribution in [0, 0.1) is 5.92 Å². The van der Waals surface area contributed by atoms with Crippen molar-refractivity contribution in [1.82, 2.24) is 0 Å². The molecule has 1 heterocycles. The van der Waals surface area contributed by atoms with Gasteiger partial charge in [0, 0.05) is 27.2 Å². The smallest absolute Gasteiger partial charge is 0.336 e. The van der Waals surface area contributed by atoms with Crippen LogP contribution in [-0.2, 0) is 9.53 Å². The second-order valence-electron chi connectivity index (χ2n) is 6.63. The summed E-state index contributed by atoms with van der Waals surface area (Å²) in [6, 6.07) is 15.3. The summed E-state index contributed by atoms with van der Waals surface area (Å²) in [6.07, 6.45) is 0. The number of halogens is 1. The molecule has 0 unspecified atom stereocenters. The summed E-state index contributed by atoms with van der Waals surface area (Å²) in [5.41, 5.74) is 4.25. The van der Waals surface area contributed by atoms with Crippen molar-refractivity contribution in [2.45, 2.75) is 19.8 Å². The van der Waals surface area contributed by atoms with E-state index in [0.29, 0.717) is 16.8 Å². The Morgan fingerprint density at radius 1 is 1.07 bits per heavy atom. The maximum atomic E-state index is 13.2. The summed E-state index contributed by atoms with van der Waals surface area (Å²) in [5, 5.41) is 0. The fourth-order valence-electron chi connectivity index (χ4n) is 3.96. The zero-order valence-corrected chi connectivity index (χ0v) is 16.6. The van der Waals surface area contributed by atoms with Crippen molar-refractivity contribution in [2.75, 3.05) is 6.61 Å². The van der Waals surface area contributed by atoms with Crippen LogP contribution in [0.4, 0.5) is 0 Å². The lowest BCUT2D eigenvalue weighted by Crippen LogP contribution is -2.32. The van der Waals surface area contributed by atoms with E-state index in [9.17, 15) is 9.59 Å². The quantitative estimate of drug-likeness (QED) is 0.673. The van der Waals surface area contributed by atoms with Gasteiger partial charge in [-0.1, -0.05) is 52.3 Å². The molecule has 0 fully saturated rings. The summed E-state index contributed by atoms with van der Waals surface area (Å²) in [6.45, 7) is 3.86. The SMILES string of the molecule is CCOC(=O)C1=C(C)N=C2c3ccccc3C(=O)[C@H]2[C@H]1c1ccc(Br)cc1. The van der Waals surface area contributed by atoms with Gasteiger partial charge in [0.15, 0.2) is 5.78 Å². The number of hydrogen-bond donors (Lipinski definition) is 0. The highest BCUT2D eigenvalue weighted by Crippen LogP contribution is 2.46. The Hall–Kier alpha value is -2.53. The molecular weight excluding hydrogens is 406 g/mol. The van der Waals surface area contributed by atoms with Crippen molar-refractivity contribution >= 4 is 33.4 Å². The molecule has 1 aliphatic carbocycles. The number of esters is 1. The molecule has 0 saturated heterocycles. The van der Waals surface area contributed by atoms with E-state index in [-0.39, 0.29) is 12.4 Å². The molecule has 4 rings (SSSR count). The van der Waals surface area contributed by atoms with Gasteiger partial charge in [0.25, 0.3) is 0 Å². The zero-order chi connectivity index (χ0) is 19.1. The van der Waals surface area contributed by atoms with E-state index in [1.54, 1.807) is 6.92 Å². The highest BCUT2D eigenvalue weighted by atomic mass is 79.9. The van der Waals surface area contributed by atoms with Crippen LogP contribution >= 0.6 is 15.9 Å². The number of benzene rings is 2. The Balaban J connectivity index is 1.93. The number of rotatable bonds is 3. The molecule has 0 amide bonds. The van der Waals surface area contributed by atoms with Gasteiger partial charge < -0.3 is 4.74 Å². The van der Waals surface area contributed by atoms with Gasteiger partial charge in [-0.05, 0) is 31.5 Å². The predicted molar refractivity (Wildman–Crippen MR) is 107 cm³/mol. The van der Waals surface area contributed by atoms with Gasteiger partial charge in [0.1, 0.15) is 0 Å². The number of ether oxygens (including phenoxy) is 1.